The maximum atomic E-state index is 12.5. The van der Waals surface area contributed by atoms with Crippen molar-refractivity contribution in [2.24, 2.45) is 5.92 Å². The zero-order valence-electron chi connectivity index (χ0n) is 13.6. The molecule has 0 radical (unpaired) electrons. The minimum Gasteiger partial charge on any atom is -0.300 e. The molecule has 126 valence electrons. The van der Waals surface area contributed by atoms with Gasteiger partial charge in [-0.3, -0.25) is 0 Å². The molecule has 0 unspecified atom stereocenters. The van der Waals surface area contributed by atoms with Gasteiger partial charge in [0.25, 0.3) is 0 Å². The largest absolute Gasteiger partial charge is 0.300 e. The highest BCUT2D eigenvalue weighted by Gasteiger charge is 2.27. The Labute approximate surface area is 139 Å². The third-order valence-corrected chi connectivity index (χ3v) is 6.66. The third kappa shape index (κ3) is 4.66. The van der Waals surface area contributed by atoms with Crippen LogP contribution in [0.5, 0.6) is 0 Å². The first-order chi connectivity index (χ1) is 11.1. The second-order valence-corrected chi connectivity index (χ2v) is 8.56. The van der Waals surface area contributed by atoms with Gasteiger partial charge >= 0.3 is 0 Å². The molecule has 1 aromatic rings. The Hall–Kier alpha value is -1.17. The standard InChI is InChI=1S/C18H26N2O2S/c21-23(22,16-18-9-5-2-6-10-18)20-13-11-19(12-14-20)15-17-7-3-1-4-8-17/h1-3,5-6,9-10,17H,4,7-8,11-16H2/t17-/m1/s1. The van der Waals surface area contributed by atoms with Crippen LogP contribution in [0, 0.1) is 5.92 Å². The van der Waals surface area contributed by atoms with Gasteiger partial charge in [0.15, 0.2) is 0 Å². The molecular formula is C18H26N2O2S. The zero-order valence-corrected chi connectivity index (χ0v) is 14.4. The molecule has 1 saturated heterocycles. The first-order valence-corrected chi connectivity index (χ1v) is 10.1. The van der Waals surface area contributed by atoms with Crippen LogP contribution in [0.15, 0.2) is 42.5 Å². The van der Waals surface area contributed by atoms with Crippen LogP contribution in [0.25, 0.3) is 0 Å². The fourth-order valence-corrected chi connectivity index (χ4v) is 4.97. The Morgan fingerprint density at radius 2 is 1.74 bits per heavy atom. The van der Waals surface area contributed by atoms with Gasteiger partial charge < -0.3 is 4.90 Å². The topological polar surface area (TPSA) is 40.6 Å². The summed E-state index contributed by atoms with van der Waals surface area (Å²) in [6.07, 6.45) is 8.19. The molecule has 0 bridgehead atoms. The van der Waals surface area contributed by atoms with Gasteiger partial charge in [-0.25, -0.2) is 8.42 Å². The highest BCUT2D eigenvalue weighted by molar-refractivity contribution is 7.88. The third-order valence-electron chi connectivity index (χ3n) is 4.81. The van der Waals surface area contributed by atoms with E-state index in [0.717, 1.165) is 31.1 Å². The summed E-state index contributed by atoms with van der Waals surface area (Å²) in [5.74, 6) is 0.855. The molecule has 0 spiro atoms. The van der Waals surface area contributed by atoms with E-state index in [1.165, 1.54) is 19.3 Å². The number of allylic oxidation sites excluding steroid dienone is 2. The van der Waals surface area contributed by atoms with Gasteiger partial charge in [0.05, 0.1) is 5.75 Å². The normalized spacial score (nSPS) is 23.9. The van der Waals surface area contributed by atoms with Crippen molar-refractivity contribution < 1.29 is 8.42 Å². The van der Waals surface area contributed by atoms with Gasteiger partial charge in [-0.05, 0) is 30.7 Å². The molecule has 2 aliphatic rings. The Balaban J connectivity index is 1.50. The van der Waals surface area contributed by atoms with Gasteiger partial charge in [-0.1, -0.05) is 42.5 Å². The highest BCUT2D eigenvalue weighted by Crippen LogP contribution is 2.21. The zero-order chi connectivity index (χ0) is 16.1. The summed E-state index contributed by atoms with van der Waals surface area (Å²) in [5.41, 5.74) is 0.865. The monoisotopic (exact) mass is 334 g/mol. The van der Waals surface area contributed by atoms with Crippen LogP contribution in [-0.2, 0) is 15.8 Å². The van der Waals surface area contributed by atoms with E-state index in [-0.39, 0.29) is 5.75 Å². The molecule has 1 aromatic carbocycles. The SMILES string of the molecule is O=S(=O)(Cc1ccccc1)N1CCN(C[C@@H]2CC=CCC2)CC1. The lowest BCUT2D eigenvalue weighted by atomic mass is 9.94. The van der Waals surface area contributed by atoms with Crippen LogP contribution < -0.4 is 0 Å². The predicted molar refractivity (Wildman–Crippen MR) is 93.6 cm³/mol. The molecule has 1 aliphatic heterocycles. The Kier molecular flexibility index (Phi) is 5.51. The van der Waals surface area contributed by atoms with Gasteiger partial charge in [0, 0.05) is 32.7 Å². The van der Waals surface area contributed by atoms with Crippen molar-refractivity contribution in [3.05, 3.63) is 48.0 Å². The number of benzene rings is 1. The molecule has 0 amide bonds. The summed E-state index contributed by atoms with van der Waals surface area (Å²) in [6, 6.07) is 9.45. The molecule has 0 aromatic heterocycles. The van der Waals surface area contributed by atoms with Crippen LogP contribution in [0.2, 0.25) is 0 Å². The number of piperazine rings is 1. The van der Waals surface area contributed by atoms with E-state index in [1.54, 1.807) is 4.31 Å². The number of hydrogen-bond donors (Lipinski definition) is 0. The smallest absolute Gasteiger partial charge is 0.218 e. The maximum Gasteiger partial charge on any atom is 0.218 e. The number of nitrogens with zero attached hydrogens (tertiary/aromatic N) is 2. The summed E-state index contributed by atoms with van der Waals surface area (Å²) in [7, 11) is -3.20. The number of rotatable bonds is 5. The van der Waals surface area contributed by atoms with E-state index in [0.29, 0.717) is 13.1 Å². The molecular weight excluding hydrogens is 308 g/mol. The van der Waals surface area contributed by atoms with E-state index >= 15 is 0 Å². The maximum absolute atomic E-state index is 12.5. The van der Waals surface area contributed by atoms with Crippen LogP contribution in [0.1, 0.15) is 24.8 Å². The number of sulfonamides is 1. The molecule has 3 rings (SSSR count). The van der Waals surface area contributed by atoms with Crippen molar-refractivity contribution in [1.29, 1.82) is 0 Å². The Morgan fingerprint density at radius 1 is 1.00 bits per heavy atom. The summed E-state index contributed by atoms with van der Waals surface area (Å²) in [6.45, 7) is 4.06. The average molecular weight is 334 g/mol. The van der Waals surface area contributed by atoms with Crippen molar-refractivity contribution in [3.63, 3.8) is 0 Å². The summed E-state index contributed by atoms with van der Waals surface area (Å²) in [5, 5.41) is 0. The first kappa shape index (κ1) is 16.7. The van der Waals surface area contributed by atoms with E-state index in [2.05, 4.69) is 17.1 Å². The molecule has 1 heterocycles. The second kappa shape index (κ2) is 7.60. The predicted octanol–water partition coefficient (Wildman–Crippen LogP) is 2.49. The Morgan fingerprint density at radius 3 is 2.39 bits per heavy atom. The minimum absolute atomic E-state index is 0.112. The lowest BCUT2D eigenvalue weighted by molar-refractivity contribution is 0.160. The summed E-state index contributed by atoms with van der Waals surface area (Å²) < 4.78 is 26.8. The van der Waals surface area contributed by atoms with Gasteiger partial charge in [0.2, 0.25) is 10.0 Å². The van der Waals surface area contributed by atoms with Crippen LogP contribution in [-0.4, -0.2) is 50.3 Å². The van der Waals surface area contributed by atoms with Crippen molar-refractivity contribution in [1.82, 2.24) is 9.21 Å². The molecule has 1 fully saturated rings. The lowest BCUT2D eigenvalue weighted by Gasteiger charge is -2.36. The molecule has 23 heavy (non-hydrogen) atoms. The van der Waals surface area contributed by atoms with Gasteiger partial charge in [0.1, 0.15) is 0 Å². The second-order valence-electron chi connectivity index (χ2n) is 6.59. The van der Waals surface area contributed by atoms with E-state index in [4.69, 9.17) is 0 Å². The van der Waals surface area contributed by atoms with Crippen LogP contribution in [0.3, 0.4) is 0 Å². The van der Waals surface area contributed by atoms with Gasteiger partial charge in [-0.2, -0.15) is 4.31 Å². The summed E-state index contributed by atoms with van der Waals surface area (Å²) in [4.78, 5) is 2.43. The van der Waals surface area contributed by atoms with Crippen molar-refractivity contribution >= 4 is 10.0 Å². The highest BCUT2D eigenvalue weighted by atomic mass is 32.2. The van der Waals surface area contributed by atoms with E-state index in [9.17, 15) is 8.42 Å². The minimum atomic E-state index is -3.20. The van der Waals surface area contributed by atoms with Crippen molar-refractivity contribution in [2.45, 2.75) is 25.0 Å². The fourth-order valence-electron chi connectivity index (χ4n) is 3.45. The van der Waals surface area contributed by atoms with E-state index in [1.807, 2.05) is 30.3 Å². The average Bonchev–Trinajstić information content (AvgIpc) is 2.57. The first-order valence-electron chi connectivity index (χ1n) is 8.52. The molecule has 0 N–H and O–H groups in total. The molecule has 5 heteroatoms. The molecule has 0 saturated carbocycles. The molecule has 1 aliphatic carbocycles. The van der Waals surface area contributed by atoms with Crippen molar-refractivity contribution in [3.8, 4) is 0 Å². The van der Waals surface area contributed by atoms with Gasteiger partial charge in [-0.15, -0.1) is 0 Å². The van der Waals surface area contributed by atoms with Crippen LogP contribution >= 0.6 is 0 Å². The Bertz CT molecular complexity index is 620. The molecule has 4 nitrogen and oxygen atoms in total. The van der Waals surface area contributed by atoms with Crippen molar-refractivity contribution in [2.75, 3.05) is 32.7 Å². The van der Waals surface area contributed by atoms with E-state index < -0.39 is 10.0 Å². The lowest BCUT2D eigenvalue weighted by Crippen LogP contribution is -2.50. The fraction of sp³-hybridized carbons (Fsp3) is 0.556. The van der Waals surface area contributed by atoms with Crippen LogP contribution in [0.4, 0.5) is 0 Å². The number of hydrogen-bond acceptors (Lipinski definition) is 3. The quantitative estimate of drug-likeness (QED) is 0.777. The molecule has 1 atom stereocenters. The summed E-state index contributed by atoms with van der Waals surface area (Å²) >= 11 is 0.